The molecule has 0 bridgehead atoms. The second kappa shape index (κ2) is 12.3. The first-order valence-corrected chi connectivity index (χ1v) is 11.6. The first-order valence-electron chi connectivity index (χ1n) is 10.8. The molecular formula is C23H24BrF4N5O3. The molecule has 1 saturated heterocycles. The standard InChI is InChI=1S/C23H24BrF4N5O3/c1-30-20(18(24)12-29)16-11-15(13-31-22(16)36-9-6-33-4-7-35-8-5-33)32-21(34)14-2-3-17(19(25)10-14)23(26,27)28/h2-3,10-13H,4-9,29H2,1H3,(H,32,34). The summed E-state index contributed by atoms with van der Waals surface area (Å²) in [5, 5.41) is 2.51. The number of amides is 1. The lowest BCUT2D eigenvalue weighted by atomic mass is 10.1. The van der Waals surface area contributed by atoms with Gasteiger partial charge in [-0.15, -0.1) is 0 Å². The maximum Gasteiger partial charge on any atom is 0.419 e. The van der Waals surface area contributed by atoms with Crippen LogP contribution in [0.25, 0.3) is 0 Å². The average Bonchev–Trinajstić information content (AvgIpc) is 2.85. The minimum absolute atomic E-state index is 0.189. The number of hydrogen-bond acceptors (Lipinski definition) is 7. The molecule has 0 spiro atoms. The number of carbonyl (C=O) groups is 1. The predicted molar refractivity (Wildman–Crippen MR) is 130 cm³/mol. The van der Waals surface area contributed by atoms with Gasteiger partial charge >= 0.3 is 6.18 Å². The van der Waals surface area contributed by atoms with Crippen LogP contribution in [0.2, 0.25) is 0 Å². The third kappa shape index (κ3) is 7.02. The third-order valence-corrected chi connectivity index (χ3v) is 5.89. The van der Waals surface area contributed by atoms with Gasteiger partial charge in [-0.1, -0.05) is 0 Å². The molecule has 3 rings (SSSR count). The van der Waals surface area contributed by atoms with Gasteiger partial charge in [0.25, 0.3) is 5.91 Å². The Kier molecular flexibility index (Phi) is 9.40. The molecule has 2 heterocycles. The van der Waals surface area contributed by atoms with Gasteiger partial charge in [-0.2, -0.15) is 13.2 Å². The zero-order valence-corrected chi connectivity index (χ0v) is 20.8. The maximum absolute atomic E-state index is 13.9. The molecule has 1 fully saturated rings. The highest BCUT2D eigenvalue weighted by atomic mass is 79.9. The molecule has 194 valence electrons. The van der Waals surface area contributed by atoms with E-state index in [1.165, 1.54) is 25.5 Å². The summed E-state index contributed by atoms with van der Waals surface area (Å²) in [5.74, 6) is -2.13. The Labute approximate surface area is 213 Å². The van der Waals surface area contributed by atoms with Crippen LogP contribution in [0, 0.1) is 5.82 Å². The van der Waals surface area contributed by atoms with E-state index in [2.05, 4.69) is 36.1 Å². The number of hydrogen-bond donors (Lipinski definition) is 2. The number of benzene rings is 1. The Morgan fingerprint density at radius 3 is 2.67 bits per heavy atom. The molecule has 0 saturated carbocycles. The zero-order valence-electron chi connectivity index (χ0n) is 19.2. The first kappa shape index (κ1) is 27.6. The summed E-state index contributed by atoms with van der Waals surface area (Å²) in [7, 11) is 1.54. The van der Waals surface area contributed by atoms with Gasteiger partial charge in [0.1, 0.15) is 12.4 Å². The summed E-state index contributed by atoms with van der Waals surface area (Å²) in [6.45, 7) is 3.88. The minimum Gasteiger partial charge on any atom is -0.476 e. The normalized spacial score (nSPS) is 15.6. The zero-order chi connectivity index (χ0) is 26.3. The van der Waals surface area contributed by atoms with E-state index in [9.17, 15) is 22.4 Å². The highest BCUT2D eigenvalue weighted by molar-refractivity contribution is 9.12. The van der Waals surface area contributed by atoms with Gasteiger partial charge in [0.2, 0.25) is 5.88 Å². The number of halogens is 5. The van der Waals surface area contributed by atoms with Crippen LogP contribution >= 0.6 is 15.9 Å². The molecule has 1 amide bonds. The van der Waals surface area contributed by atoms with E-state index >= 15 is 0 Å². The van der Waals surface area contributed by atoms with E-state index < -0.39 is 23.5 Å². The van der Waals surface area contributed by atoms with Gasteiger partial charge in [0, 0.05) is 38.4 Å². The first-order chi connectivity index (χ1) is 17.1. The van der Waals surface area contributed by atoms with Crippen molar-refractivity contribution in [1.29, 1.82) is 0 Å². The van der Waals surface area contributed by atoms with E-state index in [-0.39, 0.29) is 17.1 Å². The molecule has 1 aliphatic heterocycles. The number of anilines is 1. The quantitative estimate of drug-likeness (QED) is 0.368. The number of rotatable bonds is 8. The van der Waals surface area contributed by atoms with E-state index in [4.69, 9.17) is 15.2 Å². The maximum atomic E-state index is 13.9. The summed E-state index contributed by atoms with van der Waals surface area (Å²) in [6.07, 6.45) is -2.26. The molecule has 3 N–H and O–H groups in total. The Hall–Kier alpha value is -3.03. The van der Waals surface area contributed by atoms with Crippen molar-refractivity contribution in [2.75, 3.05) is 51.8 Å². The van der Waals surface area contributed by atoms with Gasteiger partial charge < -0.3 is 20.5 Å². The molecular weight excluding hydrogens is 550 g/mol. The molecule has 1 aromatic carbocycles. The Bertz CT molecular complexity index is 1150. The number of aliphatic imine (C=N–C) groups is 1. The number of nitrogens with two attached hydrogens (primary N) is 1. The highest BCUT2D eigenvalue weighted by Crippen LogP contribution is 2.32. The van der Waals surface area contributed by atoms with Crippen molar-refractivity contribution >= 4 is 33.2 Å². The second-order valence-electron chi connectivity index (χ2n) is 7.61. The van der Waals surface area contributed by atoms with Gasteiger partial charge in [0.15, 0.2) is 0 Å². The third-order valence-electron chi connectivity index (χ3n) is 5.25. The fourth-order valence-corrected chi connectivity index (χ4v) is 3.82. The van der Waals surface area contributed by atoms with Gasteiger partial charge in [0.05, 0.1) is 46.4 Å². The summed E-state index contributed by atoms with van der Waals surface area (Å²) in [4.78, 5) is 23.3. The molecule has 13 heteroatoms. The average molecular weight is 574 g/mol. The minimum atomic E-state index is -4.87. The van der Waals surface area contributed by atoms with Crippen molar-refractivity contribution in [2.45, 2.75) is 6.18 Å². The second-order valence-corrected chi connectivity index (χ2v) is 8.47. The van der Waals surface area contributed by atoms with Crippen LogP contribution in [0.4, 0.5) is 23.2 Å². The van der Waals surface area contributed by atoms with Crippen LogP contribution in [0.5, 0.6) is 5.88 Å². The summed E-state index contributed by atoms with van der Waals surface area (Å²) >= 11 is 3.33. The number of nitrogens with zero attached hydrogens (tertiary/aromatic N) is 3. The predicted octanol–water partition coefficient (Wildman–Crippen LogP) is 3.82. The van der Waals surface area contributed by atoms with Crippen molar-refractivity contribution in [3.63, 3.8) is 0 Å². The molecule has 1 aliphatic rings. The Morgan fingerprint density at radius 1 is 1.33 bits per heavy atom. The van der Waals surface area contributed by atoms with Crippen LogP contribution in [-0.2, 0) is 10.9 Å². The van der Waals surface area contributed by atoms with Gasteiger partial charge in [-0.3, -0.25) is 14.7 Å². The highest BCUT2D eigenvalue weighted by Gasteiger charge is 2.34. The number of allylic oxidation sites excluding steroid dienone is 1. The molecule has 0 atom stereocenters. The molecule has 0 radical (unpaired) electrons. The number of pyridine rings is 1. The van der Waals surface area contributed by atoms with Crippen molar-refractivity contribution in [2.24, 2.45) is 10.7 Å². The fourth-order valence-electron chi connectivity index (χ4n) is 3.43. The van der Waals surface area contributed by atoms with Crippen LogP contribution in [-0.4, -0.2) is 68.0 Å². The van der Waals surface area contributed by atoms with Crippen molar-refractivity contribution in [3.8, 4) is 5.88 Å². The number of morpholine rings is 1. The largest absolute Gasteiger partial charge is 0.476 e. The van der Waals surface area contributed by atoms with Crippen LogP contribution in [0.3, 0.4) is 0 Å². The van der Waals surface area contributed by atoms with E-state index in [0.29, 0.717) is 54.3 Å². The van der Waals surface area contributed by atoms with Crippen LogP contribution in [0.1, 0.15) is 21.5 Å². The number of ether oxygens (including phenoxy) is 2. The Balaban J connectivity index is 1.82. The van der Waals surface area contributed by atoms with Crippen LogP contribution in [0.15, 0.2) is 46.1 Å². The molecule has 8 nitrogen and oxygen atoms in total. The topological polar surface area (TPSA) is 102 Å². The SMILES string of the molecule is CN=C(C(Br)=CN)c1cc(NC(=O)c2ccc(C(F)(F)F)c(F)c2)cnc1OCCN1CCOCC1. The Morgan fingerprint density at radius 2 is 2.06 bits per heavy atom. The van der Waals surface area contributed by atoms with E-state index in [0.717, 1.165) is 19.2 Å². The molecule has 2 aromatic rings. The van der Waals surface area contributed by atoms with Crippen LogP contribution < -0.4 is 15.8 Å². The molecule has 1 aromatic heterocycles. The summed E-state index contributed by atoms with van der Waals surface area (Å²) in [6, 6.07) is 3.47. The smallest absolute Gasteiger partial charge is 0.419 e. The van der Waals surface area contributed by atoms with E-state index in [1.54, 1.807) is 0 Å². The monoisotopic (exact) mass is 573 g/mol. The van der Waals surface area contributed by atoms with Gasteiger partial charge in [-0.25, -0.2) is 9.37 Å². The summed E-state index contributed by atoms with van der Waals surface area (Å²) < 4.78 is 64.0. The lowest BCUT2D eigenvalue weighted by Crippen LogP contribution is -2.38. The lowest BCUT2D eigenvalue weighted by Gasteiger charge is -2.26. The lowest BCUT2D eigenvalue weighted by molar-refractivity contribution is -0.140. The van der Waals surface area contributed by atoms with Gasteiger partial charge in [-0.05, 0) is 40.2 Å². The molecule has 36 heavy (non-hydrogen) atoms. The van der Waals surface area contributed by atoms with Crippen molar-refractivity contribution < 1.29 is 31.8 Å². The number of aromatic nitrogens is 1. The molecule has 0 aliphatic carbocycles. The van der Waals surface area contributed by atoms with E-state index in [1.807, 2.05) is 0 Å². The fraction of sp³-hybridized carbons (Fsp3) is 0.348. The van der Waals surface area contributed by atoms with Crippen molar-refractivity contribution in [1.82, 2.24) is 9.88 Å². The number of carbonyl (C=O) groups excluding carboxylic acids is 1. The van der Waals surface area contributed by atoms with Crippen molar-refractivity contribution in [3.05, 3.63) is 63.7 Å². The summed E-state index contributed by atoms with van der Waals surface area (Å²) in [5.41, 5.74) is 4.87. The number of alkyl halides is 3. The number of nitrogens with one attached hydrogen (secondary N) is 1. The molecule has 0 unspecified atom stereocenters.